The third kappa shape index (κ3) is 2.88. The molecule has 6 nitrogen and oxygen atoms in total. The van der Waals surface area contributed by atoms with E-state index >= 15 is 0 Å². The lowest BCUT2D eigenvalue weighted by Crippen LogP contribution is -2.29. The van der Waals surface area contributed by atoms with Crippen LogP contribution in [0.25, 0.3) is 0 Å². The zero-order chi connectivity index (χ0) is 16.6. The van der Waals surface area contributed by atoms with Crippen molar-refractivity contribution >= 4 is 5.91 Å². The summed E-state index contributed by atoms with van der Waals surface area (Å²) in [4.78, 5) is 12.5. The van der Waals surface area contributed by atoms with E-state index in [0.717, 1.165) is 16.9 Å². The lowest BCUT2D eigenvalue weighted by atomic mass is 9.96. The Labute approximate surface area is 135 Å². The number of rotatable bonds is 4. The van der Waals surface area contributed by atoms with Gasteiger partial charge in [-0.15, -0.1) is 5.10 Å². The second-order valence-corrected chi connectivity index (χ2v) is 5.89. The van der Waals surface area contributed by atoms with Gasteiger partial charge in [0.05, 0.1) is 12.7 Å². The first-order valence-electron chi connectivity index (χ1n) is 7.57. The van der Waals surface area contributed by atoms with E-state index in [-0.39, 0.29) is 11.8 Å². The number of carbonyl (C=O) groups excluding carboxylic acids is 1. The first-order valence-corrected chi connectivity index (χ1v) is 7.57. The first-order chi connectivity index (χ1) is 11.0. The molecule has 2 heterocycles. The van der Waals surface area contributed by atoms with Gasteiger partial charge in [0, 0.05) is 25.4 Å². The van der Waals surface area contributed by atoms with Gasteiger partial charge in [0.15, 0.2) is 0 Å². The van der Waals surface area contributed by atoms with E-state index in [1.807, 2.05) is 39.2 Å². The van der Waals surface area contributed by atoms with Crippen LogP contribution in [0.5, 0.6) is 11.6 Å². The van der Waals surface area contributed by atoms with Crippen LogP contribution in [0, 0.1) is 13.8 Å². The minimum atomic E-state index is -0.271. The Hall–Kier alpha value is -2.50. The van der Waals surface area contributed by atoms with E-state index in [1.165, 1.54) is 11.1 Å². The van der Waals surface area contributed by atoms with Crippen LogP contribution in [0.4, 0.5) is 0 Å². The summed E-state index contributed by atoms with van der Waals surface area (Å²) in [7, 11) is 3.39. The number of carbonyl (C=O) groups is 1. The van der Waals surface area contributed by atoms with Gasteiger partial charge in [0.25, 0.3) is 0 Å². The summed E-state index contributed by atoms with van der Waals surface area (Å²) in [6, 6.07) is 4.05. The van der Waals surface area contributed by atoms with Crippen molar-refractivity contribution in [2.24, 2.45) is 7.05 Å². The molecule has 0 saturated carbocycles. The van der Waals surface area contributed by atoms with Crippen LogP contribution in [-0.4, -0.2) is 29.4 Å². The molecule has 0 radical (unpaired) electrons. The molecule has 1 atom stereocenters. The number of hydrogen-bond donors (Lipinski definition) is 1. The van der Waals surface area contributed by atoms with E-state index in [9.17, 15) is 4.79 Å². The number of amides is 1. The van der Waals surface area contributed by atoms with E-state index in [2.05, 4.69) is 10.4 Å². The van der Waals surface area contributed by atoms with Crippen LogP contribution >= 0.6 is 0 Å². The Bertz CT molecular complexity index is 752. The quantitative estimate of drug-likeness (QED) is 0.935. The predicted octanol–water partition coefficient (Wildman–Crippen LogP) is 1.84. The van der Waals surface area contributed by atoms with Gasteiger partial charge >= 0.3 is 0 Å². The number of hydrogen-bond acceptors (Lipinski definition) is 4. The van der Waals surface area contributed by atoms with Crippen molar-refractivity contribution < 1.29 is 14.3 Å². The molecule has 1 aromatic carbocycles. The molecule has 23 heavy (non-hydrogen) atoms. The predicted molar refractivity (Wildman–Crippen MR) is 85.8 cm³/mol. The molecule has 1 aliphatic rings. The minimum absolute atomic E-state index is 0.0436. The smallest absolute Gasteiger partial charge is 0.237 e. The molecule has 122 valence electrons. The molecule has 0 spiro atoms. The van der Waals surface area contributed by atoms with Crippen molar-refractivity contribution in [1.82, 2.24) is 15.1 Å². The number of methoxy groups -OCH3 is 1. The van der Waals surface area contributed by atoms with Gasteiger partial charge in [-0.3, -0.25) is 9.48 Å². The largest absolute Gasteiger partial charge is 0.492 e. The molecule has 2 aromatic rings. The molecule has 0 saturated heterocycles. The lowest BCUT2D eigenvalue weighted by Gasteiger charge is -2.11. The van der Waals surface area contributed by atoms with Gasteiger partial charge in [0.2, 0.25) is 11.8 Å². The van der Waals surface area contributed by atoms with Crippen LogP contribution in [0.1, 0.15) is 28.2 Å². The molecular weight excluding hydrogens is 294 g/mol. The van der Waals surface area contributed by atoms with E-state index in [1.54, 1.807) is 11.8 Å². The number of nitrogens with one attached hydrogen (secondary N) is 1. The first kappa shape index (κ1) is 15.4. The van der Waals surface area contributed by atoms with Gasteiger partial charge in [-0.05, 0) is 31.0 Å². The maximum absolute atomic E-state index is 12.5. The van der Waals surface area contributed by atoms with E-state index in [4.69, 9.17) is 9.47 Å². The zero-order valence-electron chi connectivity index (χ0n) is 13.8. The van der Waals surface area contributed by atoms with Crippen molar-refractivity contribution in [3.8, 4) is 11.6 Å². The van der Waals surface area contributed by atoms with Gasteiger partial charge in [-0.1, -0.05) is 6.07 Å². The SMILES string of the molecule is COc1nn(C)cc1CNC(=O)C1COc2cc(C)c(C)cc21. The summed E-state index contributed by atoms with van der Waals surface area (Å²) < 4.78 is 12.5. The Balaban J connectivity index is 1.72. The third-order valence-electron chi connectivity index (χ3n) is 4.24. The van der Waals surface area contributed by atoms with Crippen molar-refractivity contribution in [3.05, 3.63) is 40.6 Å². The van der Waals surface area contributed by atoms with Crippen LogP contribution in [0.2, 0.25) is 0 Å². The van der Waals surface area contributed by atoms with Gasteiger partial charge in [0.1, 0.15) is 18.3 Å². The van der Waals surface area contributed by atoms with Crippen LogP contribution in [0.15, 0.2) is 18.3 Å². The molecular formula is C17H21N3O3. The van der Waals surface area contributed by atoms with Gasteiger partial charge in [-0.2, -0.15) is 0 Å². The third-order valence-corrected chi connectivity index (χ3v) is 4.24. The Morgan fingerprint density at radius 3 is 2.91 bits per heavy atom. The molecule has 1 aromatic heterocycles. The molecule has 1 aliphatic heterocycles. The van der Waals surface area contributed by atoms with Crippen molar-refractivity contribution in [1.29, 1.82) is 0 Å². The average molecular weight is 315 g/mol. The second kappa shape index (κ2) is 5.95. The Morgan fingerprint density at radius 2 is 2.17 bits per heavy atom. The van der Waals surface area contributed by atoms with E-state index < -0.39 is 0 Å². The molecule has 0 fully saturated rings. The summed E-state index contributed by atoms with van der Waals surface area (Å²) in [6.07, 6.45) is 1.84. The van der Waals surface area contributed by atoms with Crippen LogP contribution in [-0.2, 0) is 18.4 Å². The zero-order valence-corrected chi connectivity index (χ0v) is 13.8. The average Bonchev–Trinajstić information content (AvgIpc) is 3.08. The number of ether oxygens (including phenoxy) is 2. The van der Waals surface area contributed by atoms with Crippen molar-refractivity contribution in [3.63, 3.8) is 0 Å². The molecule has 1 unspecified atom stereocenters. The highest BCUT2D eigenvalue weighted by Crippen LogP contribution is 2.36. The summed E-state index contributed by atoms with van der Waals surface area (Å²) in [6.45, 7) is 4.85. The van der Waals surface area contributed by atoms with Crippen molar-refractivity contribution in [2.75, 3.05) is 13.7 Å². The highest BCUT2D eigenvalue weighted by atomic mass is 16.5. The van der Waals surface area contributed by atoms with Crippen LogP contribution in [0.3, 0.4) is 0 Å². The van der Waals surface area contributed by atoms with Gasteiger partial charge in [-0.25, -0.2) is 0 Å². The molecule has 1 N–H and O–H groups in total. The molecule has 6 heteroatoms. The molecule has 0 aliphatic carbocycles. The fourth-order valence-corrected chi connectivity index (χ4v) is 2.80. The summed E-state index contributed by atoms with van der Waals surface area (Å²) in [5.41, 5.74) is 4.15. The molecule has 0 bridgehead atoms. The highest BCUT2D eigenvalue weighted by molar-refractivity contribution is 5.85. The topological polar surface area (TPSA) is 65.4 Å². The lowest BCUT2D eigenvalue weighted by molar-refractivity contribution is -0.122. The molecule has 3 rings (SSSR count). The summed E-state index contributed by atoms with van der Waals surface area (Å²) in [5, 5.41) is 7.13. The number of aryl methyl sites for hydroxylation is 3. The standard InChI is InChI=1S/C17H21N3O3/c1-10-5-13-14(9-23-15(13)6-11(10)2)16(21)18-7-12-8-20(3)19-17(12)22-4/h5-6,8,14H,7,9H2,1-4H3,(H,18,21). The monoisotopic (exact) mass is 315 g/mol. The Kier molecular flexibility index (Phi) is 3.98. The number of fused-ring (bicyclic) bond motifs is 1. The van der Waals surface area contributed by atoms with Crippen molar-refractivity contribution in [2.45, 2.75) is 26.3 Å². The normalized spacial score (nSPS) is 15.9. The maximum Gasteiger partial charge on any atom is 0.237 e. The second-order valence-electron chi connectivity index (χ2n) is 5.89. The van der Waals surface area contributed by atoms with Crippen LogP contribution < -0.4 is 14.8 Å². The number of nitrogens with zero attached hydrogens (tertiary/aromatic N) is 2. The number of aromatic nitrogens is 2. The summed E-state index contributed by atoms with van der Waals surface area (Å²) >= 11 is 0. The molecule has 1 amide bonds. The fourth-order valence-electron chi connectivity index (χ4n) is 2.80. The Morgan fingerprint density at radius 1 is 1.43 bits per heavy atom. The minimum Gasteiger partial charge on any atom is -0.492 e. The van der Waals surface area contributed by atoms with Gasteiger partial charge < -0.3 is 14.8 Å². The summed E-state index contributed by atoms with van der Waals surface area (Å²) in [5.74, 6) is 1.03. The fraction of sp³-hybridized carbons (Fsp3) is 0.412. The van der Waals surface area contributed by atoms with E-state index in [0.29, 0.717) is 19.0 Å². The highest BCUT2D eigenvalue weighted by Gasteiger charge is 2.31. The number of benzene rings is 1. The maximum atomic E-state index is 12.5.